The second-order valence-corrected chi connectivity index (χ2v) is 4.52. The van der Waals surface area contributed by atoms with Crippen LogP contribution in [-0.2, 0) is 6.42 Å². The molecule has 1 nitrogen and oxygen atoms in total. The largest absolute Gasteiger partial charge is 0.389 e. The van der Waals surface area contributed by atoms with Gasteiger partial charge in [-0.3, -0.25) is 0 Å². The SMILES string of the molecule is FC(F)(F)CCCNC(CCl)Cc1ccccc1. The molecule has 18 heavy (non-hydrogen) atoms. The minimum atomic E-state index is -4.07. The molecular weight excluding hydrogens is 263 g/mol. The lowest BCUT2D eigenvalue weighted by Gasteiger charge is -2.16. The van der Waals surface area contributed by atoms with Crippen LogP contribution < -0.4 is 5.32 Å². The topological polar surface area (TPSA) is 12.0 Å². The quantitative estimate of drug-likeness (QED) is 0.592. The minimum Gasteiger partial charge on any atom is -0.312 e. The van der Waals surface area contributed by atoms with E-state index in [1.807, 2.05) is 30.3 Å². The predicted molar refractivity (Wildman–Crippen MR) is 67.9 cm³/mol. The van der Waals surface area contributed by atoms with Crippen molar-refractivity contribution in [1.82, 2.24) is 5.32 Å². The maximum absolute atomic E-state index is 12.0. The second-order valence-electron chi connectivity index (χ2n) is 4.21. The molecular formula is C13H17ClF3N. The van der Waals surface area contributed by atoms with Gasteiger partial charge in [-0.2, -0.15) is 13.2 Å². The highest BCUT2D eigenvalue weighted by Gasteiger charge is 2.25. The lowest BCUT2D eigenvalue weighted by molar-refractivity contribution is -0.135. The van der Waals surface area contributed by atoms with E-state index in [4.69, 9.17) is 11.6 Å². The predicted octanol–water partition coefficient (Wildman–Crippen LogP) is 3.77. The van der Waals surface area contributed by atoms with Gasteiger partial charge in [0.05, 0.1) is 0 Å². The third kappa shape index (κ3) is 6.87. The Morgan fingerprint density at radius 2 is 1.83 bits per heavy atom. The Hall–Kier alpha value is -0.740. The molecule has 0 radical (unpaired) electrons. The van der Waals surface area contributed by atoms with Gasteiger partial charge in [0.25, 0.3) is 0 Å². The fraction of sp³-hybridized carbons (Fsp3) is 0.538. The van der Waals surface area contributed by atoms with E-state index in [0.717, 1.165) is 12.0 Å². The molecule has 0 aliphatic heterocycles. The molecule has 0 bridgehead atoms. The monoisotopic (exact) mass is 279 g/mol. The van der Waals surface area contributed by atoms with Crippen molar-refractivity contribution in [3.63, 3.8) is 0 Å². The molecule has 1 atom stereocenters. The van der Waals surface area contributed by atoms with Crippen LogP contribution in [0.5, 0.6) is 0 Å². The summed E-state index contributed by atoms with van der Waals surface area (Å²) in [5.74, 6) is 0.390. The van der Waals surface area contributed by atoms with Crippen LogP contribution >= 0.6 is 11.6 Å². The van der Waals surface area contributed by atoms with Crippen LogP contribution in [0.15, 0.2) is 30.3 Å². The van der Waals surface area contributed by atoms with Crippen LogP contribution in [0.3, 0.4) is 0 Å². The molecule has 1 aromatic carbocycles. The fourth-order valence-electron chi connectivity index (χ4n) is 1.67. The zero-order valence-corrected chi connectivity index (χ0v) is 10.8. The van der Waals surface area contributed by atoms with Crippen LogP contribution in [0.25, 0.3) is 0 Å². The van der Waals surface area contributed by atoms with Gasteiger partial charge in [0, 0.05) is 18.3 Å². The number of nitrogens with one attached hydrogen (secondary N) is 1. The molecule has 0 aliphatic carbocycles. The van der Waals surface area contributed by atoms with E-state index in [9.17, 15) is 13.2 Å². The minimum absolute atomic E-state index is 0.0160. The van der Waals surface area contributed by atoms with Crippen molar-refractivity contribution in [1.29, 1.82) is 0 Å². The first-order valence-electron chi connectivity index (χ1n) is 5.91. The van der Waals surface area contributed by atoms with E-state index in [1.165, 1.54) is 0 Å². The fourth-order valence-corrected chi connectivity index (χ4v) is 1.89. The first kappa shape index (κ1) is 15.3. The van der Waals surface area contributed by atoms with Gasteiger partial charge in [-0.05, 0) is 24.9 Å². The van der Waals surface area contributed by atoms with Crippen molar-refractivity contribution in [2.45, 2.75) is 31.5 Å². The summed E-state index contributed by atoms with van der Waals surface area (Å²) in [5, 5.41) is 3.06. The molecule has 0 saturated heterocycles. The zero-order chi connectivity index (χ0) is 13.4. The molecule has 0 spiro atoms. The average Bonchev–Trinajstić information content (AvgIpc) is 2.33. The molecule has 0 heterocycles. The highest BCUT2D eigenvalue weighted by atomic mass is 35.5. The molecule has 0 aromatic heterocycles. The molecule has 1 unspecified atom stereocenters. The Morgan fingerprint density at radius 3 is 2.39 bits per heavy atom. The number of halogens is 4. The van der Waals surface area contributed by atoms with Gasteiger partial charge in [0.15, 0.2) is 0 Å². The molecule has 0 aliphatic rings. The molecule has 5 heteroatoms. The zero-order valence-electron chi connectivity index (χ0n) is 10.0. The third-order valence-corrected chi connectivity index (χ3v) is 2.95. The van der Waals surface area contributed by atoms with Crippen molar-refractivity contribution < 1.29 is 13.2 Å². The van der Waals surface area contributed by atoms with Crippen molar-refractivity contribution in [3.05, 3.63) is 35.9 Å². The molecule has 0 fully saturated rings. The van der Waals surface area contributed by atoms with E-state index < -0.39 is 12.6 Å². The summed E-state index contributed by atoms with van der Waals surface area (Å²) in [5.41, 5.74) is 1.13. The summed E-state index contributed by atoms with van der Waals surface area (Å²) in [6.07, 6.45) is -4.00. The Bertz CT molecular complexity index is 327. The molecule has 0 saturated carbocycles. The highest BCUT2D eigenvalue weighted by Crippen LogP contribution is 2.20. The molecule has 0 amide bonds. The third-order valence-electron chi connectivity index (χ3n) is 2.58. The van der Waals surface area contributed by atoms with Crippen LogP contribution in [0.1, 0.15) is 18.4 Å². The Morgan fingerprint density at radius 1 is 1.17 bits per heavy atom. The van der Waals surface area contributed by atoms with Gasteiger partial charge >= 0.3 is 6.18 Å². The Labute approximate surface area is 110 Å². The van der Waals surface area contributed by atoms with Crippen LogP contribution in [0.4, 0.5) is 13.2 Å². The lowest BCUT2D eigenvalue weighted by Crippen LogP contribution is -2.34. The molecule has 1 N–H and O–H groups in total. The van der Waals surface area contributed by atoms with Crippen LogP contribution in [-0.4, -0.2) is 24.6 Å². The average molecular weight is 280 g/mol. The van der Waals surface area contributed by atoms with Crippen molar-refractivity contribution in [2.24, 2.45) is 0 Å². The summed E-state index contributed by atoms with van der Waals surface area (Å²) in [6.45, 7) is 0.337. The normalized spacial score (nSPS) is 13.6. The van der Waals surface area contributed by atoms with Crippen molar-refractivity contribution in [2.75, 3.05) is 12.4 Å². The van der Waals surface area contributed by atoms with Gasteiger partial charge in [0.1, 0.15) is 0 Å². The first-order valence-corrected chi connectivity index (χ1v) is 6.45. The maximum Gasteiger partial charge on any atom is 0.389 e. The number of hydrogen-bond acceptors (Lipinski definition) is 1. The summed E-state index contributed by atoms with van der Waals surface area (Å²) in [6, 6.07) is 9.78. The second kappa shape index (κ2) is 7.64. The number of benzene rings is 1. The maximum atomic E-state index is 12.0. The highest BCUT2D eigenvalue weighted by molar-refractivity contribution is 6.18. The van der Waals surface area contributed by atoms with Gasteiger partial charge < -0.3 is 5.32 Å². The number of rotatable bonds is 7. The molecule has 102 valence electrons. The Kier molecular flexibility index (Phi) is 6.50. The number of hydrogen-bond donors (Lipinski definition) is 1. The van der Waals surface area contributed by atoms with E-state index in [-0.39, 0.29) is 12.5 Å². The smallest absolute Gasteiger partial charge is 0.312 e. The molecule has 1 aromatic rings. The van der Waals surface area contributed by atoms with E-state index >= 15 is 0 Å². The van der Waals surface area contributed by atoms with Crippen LogP contribution in [0.2, 0.25) is 0 Å². The van der Waals surface area contributed by atoms with Gasteiger partial charge in [-0.15, -0.1) is 11.6 Å². The van der Waals surface area contributed by atoms with Gasteiger partial charge in [0.2, 0.25) is 0 Å². The standard InChI is InChI=1S/C13H17ClF3N/c14-10-12(9-11-5-2-1-3-6-11)18-8-4-7-13(15,16)17/h1-3,5-6,12,18H,4,7-10H2. The Balaban J connectivity index is 2.26. The number of alkyl halides is 4. The molecule has 1 rings (SSSR count). The van der Waals surface area contributed by atoms with Gasteiger partial charge in [-0.25, -0.2) is 0 Å². The lowest BCUT2D eigenvalue weighted by atomic mass is 10.1. The summed E-state index contributed by atoms with van der Waals surface area (Å²) >= 11 is 5.80. The van der Waals surface area contributed by atoms with Crippen molar-refractivity contribution in [3.8, 4) is 0 Å². The summed E-state index contributed by atoms with van der Waals surface area (Å²) in [7, 11) is 0. The van der Waals surface area contributed by atoms with Gasteiger partial charge in [-0.1, -0.05) is 30.3 Å². The van der Waals surface area contributed by atoms with Crippen LogP contribution in [0, 0.1) is 0 Å². The van der Waals surface area contributed by atoms with E-state index in [2.05, 4.69) is 5.32 Å². The van der Waals surface area contributed by atoms with Crippen molar-refractivity contribution >= 4 is 11.6 Å². The van der Waals surface area contributed by atoms with E-state index in [0.29, 0.717) is 12.4 Å². The van der Waals surface area contributed by atoms with E-state index in [1.54, 1.807) is 0 Å². The summed E-state index contributed by atoms with van der Waals surface area (Å²) < 4.78 is 35.9. The first-order chi connectivity index (χ1) is 8.51. The summed E-state index contributed by atoms with van der Waals surface area (Å²) in [4.78, 5) is 0.